The first-order valence-corrected chi connectivity index (χ1v) is 7.08. The van der Waals surface area contributed by atoms with Crippen LogP contribution in [0.5, 0.6) is 0 Å². The van der Waals surface area contributed by atoms with E-state index >= 15 is 0 Å². The molecule has 1 aromatic heterocycles. The molecule has 0 aliphatic carbocycles. The fraction of sp³-hybridized carbons (Fsp3) is 0.222. The zero-order chi connectivity index (χ0) is 14.8. The van der Waals surface area contributed by atoms with Gasteiger partial charge >= 0.3 is 0 Å². The van der Waals surface area contributed by atoms with E-state index in [4.69, 9.17) is 5.26 Å². The molecule has 104 valence electrons. The van der Waals surface area contributed by atoms with E-state index in [9.17, 15) is 0 Å². The first-order valence-electron chi connectivity index (χ1n) is 7.08. The van der Waals surface area contributed by atoms with Crippen molar-refractivity contribution in [3.8, 4) is 6.07 Å². The highest BCUT2D eigenvalue weighted by Gasteiger charge is 2.08. The van der Waals surface area contributed by atoms with Crippen LogP contribution in [-0.4, -0.2) is 9.55 Å². The predicted octanol–water partition coefficient (Wildman–Crippen LogP) is 3.54. The van der Waals surface area contributed by atoms with Crippen molar-refractivity contribution in [1.82, 2.24) is 9.55 Å². The zero-order valence-electron chi connectivity index (χ0n) is 12.3. The van der Waals surface area contributed by atoms with Crippen molar-refractivity contribution < 1.29 is 0 Å². The number of nitrogens with zero attached hydrogens (tertiary/aromatic N) is 3. The number of hydrogen-bond donors (Lipinski definition) is 0. The van der Waals surface area contributed by atoms with E-state index in [1.165, 1.54) is 11.1 Å². The van der Waals surface area contributed by atoms with Crippen molar-refractivity contribution in [2.24, 2.45) is 7.05 Å². The van der Waals surface area contributed by atoms with Gasteiger partial charge in [-0.2, -0.15) is 5.26 Å². The molecule has 1 heterocycles. The third kappa shape index (κ3) is 2.66. The number of nitriles is 1. The number of imidazole rings is 1. The first kappa shape index (κ1) is 13.4. The predicted molar refractivity (Wildman–Crippen MR) is 84.0 cm³/mol. The Morgan fingerprint density at radius 1 is 1.14 bits per heavy atom. The molecule has 0 N–H and O–H groups in total. The maximum atomic E-state index is 8.97. The molecule has 3 nitrogen and oxygen atoms in total. The van der Waals surface area contributed by atoms with Gasteiger partial charge in [-0.05, 0) is 37.1 Å². The van der Waals surface area contributed by atoms with Crippen LogP contribution < -0.4 is 0 Å². The fourth-order valence-corrected chi connectivity index (χ4v) is 2.67. The normalized spacial score (nSPS) is 10.7. The van der Waals surface area contributed by atoms with Gasteiger partial charge in [0.15, 0.2) is 0 Å². The third-order valence-corrected chi connectivity index (χ3v) is 3.82. The molecule has 0 aliphatic rings. The highest BCUT2D eigenvalue weighted by Crippen LogP contribution is 2.18. The maximum Gasteiger partial charge on any atom is 0.109 e. The van der Waals surface area contributed by atoms with Gasteiger partial charge in [0.2, 0.25) is 0 Å². The molecule has 0 amide bonds. The molecule has 0 fully saturated rings. The summed E-state index contributed by atoms with van der Waals surface area (Å²) in [7, 11) is 2.03. The van der Waals surface area contributed by atoms with Crippen molar-refractivity contribution >= 4 is 11.0 Å². The van der Waals surface area contributed by atoms with E-state index in [0.717, 1.165) is 29.7 Å². The summed E-state index contributed by atoms with van der Waals surface area (Å²) in [5.74, 6) is 1.06. The van der Waals surface area contributed by atoms with E-state index in [1.807, 2.05) is 25.2 Å². The molecule has 0 saturated heterocycles. The average Bonchev–Trinajstić information content (AvgIpc) is 2.81. The van der Waals surface area contributed by atoms with Crippen molar-refractivity contribution in [2.45, 2.75) is 19.8 Å². The van der Waals surface area contributed by atoms with E-state index in [1.54, 1.807) is 0 Å². The zero-order valence-corrected chi connectivity index (χ0v) is 12.3. The minimum Gasteiger partial charge on any atom is -0.331 e. The molecule has 2 aromatic carbocycles. The summed E-state index contributed by atoms with van der Waals surface area (Å²) in [6.07, 6.45) is 1.88. The van der Waals surface area contributed by atoms with Crippen molar-refractivity contribution in [3.05, 3.63) is 65.0 Å². The molecule has 0 spiro atoms. The van der Waals surface area contributed by atoms with Crippen LogP contribution in [0.3, 0.4) is 0 Å². The van der Waals surface area contributed by atoms with Crippen LogP contribution in [0.2, 0.25) is 0 Å². The Hall–Kier alpha value is -2.60. The van der Waals surface area contributed by atoms with Gasteiger partial charge in [0.25, 0.3) is 0 Å². The third-order valence-electron chi connectivity index (χ3n) is 3.82. The second kappa shape index (κ2) is 5.41. The monoisotopic (exact) mass is 275 g/mol. The molecule has 3 aromatic rings. The number of fused-ring (bicyclic) bond motifs is 1. The molecule has 3 rings (SSSR count). The summed E-state index contributed by atoms with van der Waals surface area (Å²) in [6.45, 7) is 2.11. The van der Waals surface area contributed by atoms with Crippen molar-refractivity contribution in [2.75, 3.05) is 0 Å². The summed E-state index contributed by atoms with van der Waals surface area (Å²) in [5, 5.41) is 8.97. The van der Waals surface area contributed by atoms with Crippen LogP contribution in [-0.2, 0) is 19.9 Å². The molecule has 21 heavy (non-hydrogen) atoms. The van der Waals surface area contributed by atoms with Gasteiger partial charge in [-0.3, -0.25) is 0 Å². The van der Waals surface area contributed by atoms with Crippen LogP contribution >= 0.6 is 0 Å². The van der Waals surface area contributed by atoms with E-state index in [0.29, 0.717) is 5.56 Å². The van der Waals surface area contributed by atoms with Gasteiger partial charge in [0.1, 0.15) is 5.82 Å². The molecule has 0 radical (unpaired) electrons. The number of benzene rings is 2. The molecular weight excluding hydrogens is 258 g/mol. The summed E-state index contributed by atoms with van der Waals surface area (Å²) in [5.41, 5.74) is 5.26. The Balaban J connectivity index is 1.87. The molecule has 0 saturated carbocycles. The Morgan fingerprint density at radius 2 is 2.00 bits per heavy atom. The Kier molecular flexibility index (Phi) is 3.45. The highest BCUT2D eigenvalue weighted by molar-refractivity contribution is 5.77. The number of rotatable bonds is 3. The minimum absolute atomic E-state index is 0.658. The number of aryl methyl sites for hydroxylation is 4. The van der Waals surface area contributed by atoms with Crippen LogP contribution in [0.15, 0.2) is 42.5 Å². The first-order chi connectivity index (χ1) is 10.2. The topological polar surface area (TPSA) is 41.6 Å². The smallest absolute Gasteiger partial charge is 0.109 e. The fourth-order valence-electron chi connectivity index (χ4n) is 2.67. The molecule has 3 heteroatoms. The second-order valence-corrected chi connectivity index (χ2v) is 5.39. The molecule has 0 bridgehead atoms. The van der Waals surface area contributed by atoms with Crippen molar-refractivity contribution in [1.29, 1.82) is 5.26 Å². The molecular formula is C18H17N3. The van der Waals surface area contributed by atoms with Crippen LogP contribution in [0.4, 0.5) is 0 Å². The average molecular weight is 275 g/mol. The maximum absolute atomic E-state index is 8.97. The van der Waals surface area contributed by atoms with E-state index in [2.05, 4.69) is 46.8 Å². The minimum atomic E-state index is 0.658. The van der Waals surface area contributed by atoms with Gasteiger partial charge in [-0.1, -0.05) is 29.8 Å². The van der Waals surface area contributed by atoms with Gasteiger partial charge in [0, 0.05) is 13.5 Å². The Morgan fingerprint density at radius 3 is 2.76 bits per heavy atom. The largest absolute Gasteiger partial charge is 0.331 e. The molecule has 0 unspecified atom stereocenters. The molecule has 0 atom stereocenters. The summed E-state index contributed by atoms with van der Waals surface area (Å²) in [4.78, 5) is 4.67. The lowest BCUT2D eigenvalue weighted by Crippen LogP contribution is -2.00. The van der Waals surface area contributed by atoms with Crippen LogP contribution in [0, 0.1) is 18.3 Å². The lowest BCUT2D eigenvalue weighted by atomic mass is 10.1. The van der Waals surface area contributed by atoms with Gasteiger partial charge in [0.05, 0.1) is 22.7 Å². The number of aromatic nitrogens is 2. The lowest BCUT2D eigenvalue weighted by Gasteiger charge is -2.04. The standard InChI is InChI=1S/C18H17N3/c1-13-4-3-5-14(10-13)7-9-18-20-16-11-15(12-19)6-8-17(16)21(18)2/h3-6,8,10-11H,7,9H2,1-2H3. The van der Waals surface area contributed by atoms with Crippen molar-refractivity contribution in [3.63, 3.8) is 0 Å². The Labute approximate surface area is 124 Å². The summed E-state index contributed by atoms with van der Waals surface area (Å²) in [6, 6.07) is 16.4. The molecule has 0 aliphatic heterocycles. The van der Waals surface area contributed by atoms with E-state index < -0.39 is 0 Å². The second-order valence-electron chi connectivity index (χ2n) is 5.39. The summed E-state index contributed by atoms with van der Waals surface area (Å²) < 4.78 is 2.12. The highest BCUT2D eigenvalue weighted by atomic mass is 15.1. The van der Waals surface area contributed by atoms with E-state index in [-0.39, 0.29) is 0 Å². The number of hydrogen-bond acceptors (Lipinski definition) is 2. The van der Waals surface area contributed by atoms with Crippen LogP contribution in [0.1, 0.15) is 22.5 Å². The van der Waals surface area contributed by atoms with Gasteiger partial charge in [-0.25, -0.2) is 4.98 Å². The van der Waals surface area contributed by atoms with Gasteiger partial charge < -0.3 is 4.57 Å². The Bertz CT molecular complexity index is 837. The summed E-state index contributed by atoms with van der Waals surface area (Å²) >= 11 is 0. The lowest BCUT2D eigenvalue weighted by molar-refractivity contribution is 0.786. The van der Waals surface area contributed by atoms with Crippen LogP contribution in [0.25, 0.3) is 11.0 Å². The van der Waals surface area contributed by atoms with Gasteiger partial charge in [-0.15, -0.1) is 0 Å². The SMILES string of the molecule is Cc1cccc(CCc2nc3cc(C#N)ccc3n2C)c1. The quantitative estimate of drug-likeness (QED) is 0.733.